The SMILES string of the molecule is CCOC(C)N(CCP)CCP. The lowest BCUT2D eigenvalue weighted by atomic mass is 10.4. The first-order chi connectivity index (χ1) is 5.76. The highest BCUT2D eigenvalue weighted by Gasteiger charge is 2.10. The van der Waals surface area contributed by atoms with Gasteiger partial charge in [-0.1, -0.05) is 0 Å². The van der Waals surface area contributed by atoms with Gasteiger partial charge in [0, 0.05) is 19.7 Å². The Kier molecular flexibility index (Phi) is 8.93. The summed E-state index contributed by atoms with van der Waals surface area (Å²) in [6.07, 6.45) is 2.49. The Morgan fingerprint density at radius 2 is 1.75 bits per heavy atom. The predicted molar refractivity (Wildman–Crippen MR) is 61.8 cm³/mol. The van der Waals surface area contributed by atoms with Crippen molar-refractivity contribution in [3.63, 3.8) is 0 Å². The molecule has 3 unspecified atom stereocenters. The summed E-state index contributed by atoms with van der Waals surface area (Å²) in [6, 6.07) is 0. The largest absolute Gasteiger partial charge is 0.364 e. The molecule has 0 aliphatic rings. The van der Waals surface area contributed by atoms with Crippen LogP contribution in [0.1, 0.15) is 13.8 Å². The van der Waals surface area contributed by atoms with Gasteiger partial charge in [-0.3, -0.25) is 4.90 Å². The molecule has 0 aromatic heterocycles. The van der Waals surface area contributed by atoms with E-state index in [2.05, 4.69) is 30.3 Å². The Labute approximate surface area is 80.8 Å². The number of nitrogens with zero attached hydrogens (tertiary/aromatic N) is 1. The fraction of sp³-hybridized carbons (Fsp3) is 1.00. The Balaban J connectivity index is 3.72. The van der Waals surface area contributed by atoms with Crippen molar-refractivity contribution in [2.75, 3.05) is 32.0 Å². The minimum absolute atomic E-state index is 0.260. The molecule has 0 bridgehead atoms. The topological polar surface area (TPSA) is 12.5 Å². The van der Waals surface area contributed by atoms with Gasteiger partial charge in [-0.2, -0.15) is 0 Å². The number of rotatable bonds is 7. The Bertz CT molecular complexity index is 97.1. The molecular weight excluding hydrogens is 188 g/mol. The number of hydrogen-bond acceptors (Lipinski definition) is 2. The molecule has 0 aliphatic carbocycles. The second kappa shape index (κ2) is 8.38. The van der Waals surface area contributed by atoms with E-state index in [4.69, 9.17) is 4.74 Å². The molecule has 0 spiro atoms. The molecule has 0 radical (unpaired) electrons. The van der Waals surface area contributed by atoms with Crippen molar-refractivity contribution < 1.29 is 4.74 Å². The minimum Gasteiger partial charge on any atom is -0.364 e. The summed E-state index contributed by atoms with van der Waals surface area (Å²) in [5.41, 5.74) is 0. The van der Waals surface area contributed by atoms with Crippen LogP contribution in [0.15, 0.2) is 0 Å². The van der Waals surface area contributed by atoms with Gasteiger partial charge in [0.1, 0.15) is 6.23 Å². The number of hydrogen-bond donors (Lipinski definition) is 0. The molecule has 0 heterocycles. The third-order valence-corrected chi connectivity index (χ3v) is 2.27. The molecule has 0 aromatic carbocycles. The first-order valence-electron chi connectivity index (χ1n) is 4.52. The van der Waals surface area contributed by atoms with Gasteiger partial charge in [-0.25, -0.2) is 0 Å². The summed E-state index contributed by atoms with van der Waals surface area (Å²) in [6.45, 7) is 7.14. The van der Waals surface area contributed by atoms with Crippen LogP contribution in [-0.2, 0) is 4.74 Å². The monoisotopic (exact) mass is 209 g/mol. The quantitative estimate of drug-likeness (QED) is 0.464. The molecular formula is C8H21NOP2. The van der Waals surface area contributed by atoms with E-state index in [1.807, 2.05) is 6.92 Å². The smallest absolute Gasteiger partial charge is 0.107 e. The van der Waals surface area contributed by atoms with Gasteiger partial charge in [0.25, 0.3) is 0 Å². The fourth-order valence-corrected chi connectivity index (χ4v) is 1.82. The van der Waals surface area contributed by atoms with E-state index < -0.39 is 0 Å². The van der Waals surface area contributed by atoms with Crippen LogP contribution in [0.3, 0.4) is 0 Å². The summed E-state index contributed by atoms with van der Waals surface area (Å²) >= 11 is 0. The van der Waals surface area contributed by atoms with Gasteiger partial charge in [-0.05, 0) is 26.2 Å². The summed E-state index contributed by atoms with van der Waals surface area (Å²) in [7, 11) is 5.50. The maximum Gasteiger partial charge on any atom is 0.107 e. The summed E-state index contributed by atoms with van der Waals surface area (Å²) in [5.74, 6) is 0. The van der Waals surface area contributed by atoms with Crippen LogP contribution in [-0.4, -0.2) is 43.1 Å². The van der Waals surface area contributed by atoms with Crippen molar-refractivity contribution in [3.05, 3.63) is 0 Å². The van der Waals surface area contributed by atoms with Crippen molar-refractivity contribution in [1.82, 2.24) is 4.90 Å². The summed E-state index contributed by atoms with van der Waals surface area (Å²) < 4.78 is 5.52. The highest BCUT2D eigenvalue weighted by Crippen LogP contribution is 2.02. The maximum atomic E-state index is 5.52. The Hall–Kier alpha value is 0.780. The van der Waals surface area contributed by atoms with Gasteiger partial charge in [-0.15, -0.1) is 18.5 Å². The van der Waals surface area contributed by atoms with Crippen molar-refractivity contribution in [2.45, 2.75) is 20.1 Å². The van der Waals surface area contributed by atoms with Crippen molar-refractivity contribution in [3.8, 4) is 0 Å². The molecule has 2 nitrogen and oxygen atoms in total. The van der Waals surface area contributed by atoms with Gasteiger partial charge < -0.3 is 4.74 Å². The van der Waals surface area contributed by atoms with Crippen LogP contribution >= 0.6 is 18.5 Å². The average Bonchev–Trinajstić information content (AvgIpc) is 2.04. The summed E-state index contributed by atoms with van der Waals surface area (Å²) in [5, 5.41) is 0. The molecule has 3 atom stereocenters. The highest BCUT2D eigenvalue weighted by atomic mass is 31.0. The van der Waals surface area contributed by atoms with Crippen LogP contribution in [0.4, 0.5) is 0 Å². The zero-order valence-electron chi connectivity index (χ0n) is 8.12. The van der Waals surface area contributed by atoms with E-state index in [1.165, 1.54) is 0 Å². The second-order valence-corrected chi connectivity index (χ2v) is 3.82. The van der Waals surface area contributed by atoms with Crippen LogP contribution < -0.4 is 0 Å². The van der Waals surface area contributed by atoms with Crippen molar-refractivity contribution in [2.24, 2.45) is 0 Å². The fourth-order valence-electron chi connectivity index (χ4n) is 1.15. The van der Waals surface area contributed by atoms with Crippen LogP contribution in [0.2, 0.25) is 0 Å². The minimum atomic E-state index is 0.260. The molecule has 0 aliphatic heterocycles. The van der Waals surface area contributed by atoms with Crippen LogP contribution in [0, 0.1) is 0 Å². The van der Waals surface area contributed by atoms with E-state index in [0.717, 1.165) is 32.0 Å². The molecule has 0 rings (SSSR count). The third kappa shape index (κ3) is 5.43. The first kappa shape index (κ1) is 12.8. The summed E-state index contributed by atoms with van der Waals surface area (Å²) in [4.78, 5) is 2.35. The second-order valence-electron chi connectivity index (χ2n) is 2.67. The Morgan fingerprint density at radius 1 is 1.25 bits per heavy atom. The van der Waals surface area contributed by atoms with Gasteiger partial charge in [0.15, 0.2) is 0 Å². The molecule has 0 aromatic rings. The lowest BCUT2D eigenvalue weighted by Gasteiger charge is -2.27. The van der Waals surface area contributed by atoms with Crippen LogP contribution in [0.5, 0.6) is 0 Å². The molecule has 74 valence electrons. The molecule has 12 heavy (non-hydrogen) atoms. The van der Waals surface area contributed by atoms with Crippen molar-refractivity contribution >= 4 is 18.5 Å². The van der Waals surface area contributed by atoms with Crippen molar-refractivity contribution in [1.29, 1.82) is 0 Å². The first-order valence-corrected chi connectivity index (χ1v) is 6.15. The van der Waals surface area contributed by atoms with E-state index in [1.54, 1.807) is 0 Å². The normalized spacial score (nSPS) is 13.8. The van der Waals surface area contributed by atoms with Crippen LogP contribution in [0.25, 0.3) is 0 Å². The maximum absolute atomic E-state index is 5.52. The molecule has 0 fully saturated rings. The molecule has 0 saturated heterocycles. The highest BCUT2D eigenvalue weighted by molar-refractivity contribution is 7.16. The Morgan fingerprint density at radius 3 is 2.08 bits per heavy atom. The molecule has 0 saturated carbocycles. The molecule has 0 N–H and O–H groups in total. The van der Waals surface area contributed by atoms with Gasteiger partial charge in [0.2, 0.25) is 0 Å². The zero-order valence-corrected chi connectivity index (χ0v) is 10.4. The lowest BCUT2D eigenvalue weighted by Crippen LogP contribution is -2.37. The van der Waals surface area contributed by atoms with E-state index in [-0.39, 0.29) is 6.23 Å². The third-order valence-electron chi connectivity index (χ3n) is 1.75. The van der Waals surface area contributed by atoms with Gasteiger partial charge >= 0.3 is 0 Å². The molecule has 0 amide bonds. The zero-order chi connectivity index (χ0) is 9.40. The number of ether oxygens (including phenoxy) is 1. The average molecular weight is 209 g/mol. The lowest BCUT2D eigenvalue weighted by molar-refractivity contribution is -0.0359. The van der Waals surface area contributed by atoms with Gasteiger partial charge in [0.05, 0.1) is 0 Å². The van der Waals surface area contributed by atoms with E-state index >= 15 is 0 Å². The predicted octanol–water partition coefficient (Wildman–Crippen LogP) is 1.42. The van der Waals surface area contributed by atoms with E-state index in [9.17, 15) is 0 Å². The standard InChI is InChI=1S/C8H21NOP2/c1-3-10-8(2)9(4-6-11)5-7-12/h8H,3-7,11-12H2,1-2H3. The van der Waals surface area contributed by atoms with E-state index in [0.29, 0.717) is 0 Å². The molecule has 4 heteroatoms.